The zero-order valence-electron chi connectivity index (χ0n) is 13.8. The van der Waals surface area contributed by atoms with E-state index >= 15 is 0 Å². The maximum atomic E-state index is 14.5. The topological polar surface area (TPSA) is 67.9 Å². The predicted molar refractivity (Wildman–Crippen MR) is 85.0 cm³/mol. The molecule has 0 saturated carbocycles. The van der Waals surface area contributed by atoms with Gasteiger partial charge in [-0.1, -0.05) is 13.0 Å². The lowest BCUT2D eigenvalue weighted by atomic mass is 9.88. The number of rotatable bonds is 3. The summed E-state index contributed by atoms with van der Waals surface area (Å²) in [5, 5.41) is 2.60. The molecule has 1 aromatic carbocycles. The van der Waals surface area contributed by atoms with E-state index in [4.69, 9.17) is 9.47 Å². The number of carbonyl (C=O) groups excluding carboxylic acids is 2. The van der Waals surface area contributed by atoms with E-state index < -0.39 is 18.1 Å². The minimum Gasteiger partial charge on any atom is -0.441 e. The molecule has 2 unspecified atom stereocenters. The number of morpholine rings is 1. The van der Waals surface area contributed by atoms with Gasteiger partial charge in [-0.2, -0.15) is 0 Å². The van der Waals surface area contributed by atoms with Crippen LogP contribution in [0.4, 0.5) is 10.1 Å². The molecule has 2 aliphatic heterocycles. The number of carbonyl (C=O) groups is 2. The molecule has 1 aromatic rings. The second-order valence-corrected chi connectivity index (χ2v) is 6.21. The largest absolute Gasteiger partial charge is 0.441 e. The molecular formula is C17H21FN2O4. The van der Waals surface area contributed by atoms with Crippen LogP contribution in [0.15, 0.2) is 18.2 Å². The average Bonchev–Trinajstić information content (AvgIpc) is 2.81. The summed E-state index contributed by atoms with van der Waals surface area (Å²) in [6.07, 6.45) is -0.679. The molecule has 1 amide bonds. The highest BCUT2D eigenvalue weighted by Crippen LogP contribution is 2.36. The normalized spacial score (nSPS) is 27.0. The van der Waals surface area contributed by atoms with Gasteiger partial charge in [0.1, 0.15) is 5.82 Å². The minimum absolute atomic E-state index is 0.268. The first-order valence-electron chi connectivity index (χ1n) is 8.07. The summed E-state index contributed by atoms with van der Waals surface area (Å²) < 4.78 is 25.0. The van der Waals surface area contributed by atoms with Gasteiger partial charge in [0, 0.05) is 25.9 Å². The van der Waals surface area contributed by atoms with Gasteiger partial charge < -0.3 is 19.7 Å². The van der Waals surface area contributed by atoms with Gasteiger partial charge in [-0.15, -0.1) is 0 Å². The number of ether oxygens (including phenoxy) is 2. The molecule has 130 valence electrons. The number of nitrogens with one attached hydrogen (secondary N) is 1. The van der Waals surface area contributed by atoms with Crippen molar-refractivity contribution in [3.05, 3.63) is 29.6 Å². The molecule has 6 nitrogen and oxygen atoms in total. The smallest absolute Gasteiger partial charge is 0.315 e. The Kier molecular flexibility index (Phi) is 4.71. The molecule has 2 aliphatic rings. The zero-order chi connectivity index (χ0) is 17.3. The minimum atomic E-state index is -0.679. The monoisotopic (exact) mass is 336 g/mol. The van der Waals surface area contributed by atoms with E-state index in [2.05, 4.69) is 5.32 Å². The van der Waals surface area contributed by atoms with Crippen LogP contribution in [-0.4, -0.2) is 44.4 Å². The van der Waals surface area contributed by atoms with Gasteiger partial charge >= 0.3 is 5.97 Å². The third-order valence-corrected chi connectivity index (χ3v) is 4.53. The maximum Gasteiger partial charge on any atom is 0.315 e. The van der Waals surface area contributed by atoms with E-state index in [-0.39, 0.29) is 17.6 Å². The molecule has 0 aliphatic carbocycles. The Balaban J connectivity index is 1.80. The van der Waals surface area contributed by atoms with E-state index in [0.29, 0.717) is 37.6 Å². The van der Waals surface area contributed by atoms with Gasteiger partial charge in [0.2, 0.25) is 5.91 Å². The molecule has 2 saturated heterocycles. The number of amides is 1. The Morgan fingerprint density at radius 1 is 1.33 bits per heavy atom. The molecule has 0 bridgehead atoms. The van der Waals surface area contributed by atoms with Crippen molar-refractivity contribution in [2.24, 2.45) is 5.92 Å². The van der Waals surface area contributed by atoms with Crippen molar-refractivity contribution in [2.75, 3.05) is 31.2 Å². The van der Waals surface area contributed by atoms with Crippen LogP contribution in [0.5, 0.6) is 0 Å². The van der Waals surface area contributed by atoms with Gasteiger partial charge in [0.15, 0.2) is 6.23 Å². The first-order chi connectivity index (χ1) is 11.5. The number of cyclic esters (lactones) is 1. The highest BCUT2D eigenvalue weighted by atomic mass is 19.1. The number of esters is 1. The number of anilines is 1. The maximum absolute atomic E-state index is 14.5. The lowest BCUT2D eigenvalue weighted by Crippen LogP contribution is -2.37. The van der Waals surface area contributed by atoms with Gasteiger partial charge in [0.25, 0.3) is 0 Å². The number of halogens is 1. The Morgan fingerprint density at radius 2 is 2.04 bits per heavy atom. The molecule has 0 aromatic heterocycles. The summed E-state index contributed by atoms with van der Waals surface area (Å²) in [4.78, 5) is 25.3. The van der Waals surface area contributed by atoms with Crippen molar-refractivity contribution in [3.63, 3.8) is 0 Å². The second kappa shape index (κ2) is 6.76. The lowest BCUT2D eigenvalue weighted by Gasteiger charge is -2.29. The van der Waals surface area contributed by atoms with Crippen LogP contribution in [-0.2, 0) is 19.1 Å². The van der Waals surface area contributed by atoms with Crippen molar-refractivity contribution < 1.29 is 23.5 Å². The Morgan fingerprint density at radius 3 is 2.67 bits per heavy atom. The van der Waals surface area contributed by atoms with Crippen molar-refractivity contribution in [1.29, 1.82) is 0 Å². The average molecular weight is 336 g/mol. The van der Waals surface area contributed by atoms with Gasteiger partial charge in [0.05, 0.1) is 24.8 Å². The van der Waals surface area contributed by atoms with E-state index in [0.717, 1.165) is 0 Å². The fraction of sp³-hybridized carbons (Fsp3) is 0.529. The summed E-state index contributed by atoms with van der Waals surface area (Å²) in [6.45, 7) is 5.61. The Labute approximate surface area is 139 Å². The fourth-order valence-corrected chi connectivity index (χ4v) is 3.27. The summed E-state index contributed by atoms with van der Waals surface area (Å²) in [5.41, 5.74) is 1.08. The predicted octanol–water partition coefficient (Wildman–Crippen LogP) is 1.40. The molecule has 3 rings (SSSR count). The van der Waals surface area contributed by atoms with Crippen LogP contribution in [0.2, 0.25) is 0 Å². The first-order valence-corrected chi connectivity index (χ1v) is 8.07. The van der Waals surface area contributed by atoms with E-state index in [1.54, 1.807) is 12.1 Å². The van der Waals surface area contributed by atoms with Crippen molar-refractivity contribution in [2.45, 2.75) is 26.0 Å². The van der Waals surface area contributed by atoms with Crippen molar-refractivity contribution in [1.82, 2.24) is 5.32 Å². The fourth-order valence-electron chi connectivity index (χ4n) is 3.27. The van der Waals surface area contributed by atoms with Crippen LogP contribution in [0, 0.1) is 11.7 Å². The first kappa shape index (κ1) is 16.7. The molecule has 24 heavy (non-hydrogen) atoms. The van der Waals surface area contributed by atoms with Gasteiger partial charge in [-0.25, -0.2) is 4.39 Å². The van der Waals surface area contributed by atoms with Crippen LogP contribution < -0.4 is 10.2 Å². The lowest BCUT2D eigenvalue weighted by molar-refractivity contribution is -0.144. The molecule has 7 heteroatoms. The summed E-state index contributed by atoms with van der Waals surface area (Å²) in [6, 6.07) is 4.84. The van der Waals surface area contributed by atoms with E-state index in [1.165, 1.54) is 13.0 Å². The third-order valence-electron chi connectivity index (χ3n) is 4.53. The van der Waals surface area contributed by atoms with E-state index in [9.17, 15) is 14.0 Å². The molecule has 2 heterocycles. The molecule has 2 fully saturated rings. The number of hydrogen-bond donors (Lipinski definition) is 1. The summed E-state index contributed by atoms with van der Waals surface area (Å²) >= 11 is 0. The summed E-state index contributed by atoms with van der Waals surface area (Å²) in [7, 11) is 0. The van der Waals surface area contributed by atoms with Crippen molar-refractivity contribution in [3.8, 4) is 0 Å². The SMILES string of the molecule is CC(=O)N[C@@H]1OC(=O)C(c2ccc(N3CCOCC3)c(F)c2)C1C. The zero-order valence-corrected chi connectivity index (χ0v) is 13.8. The van der Waals surface area contributed by atoms with Crippen LogP contribution in [0.25, 0.3) is 0 Å². The standard InChI is InChI=1S/C17H21FN2O4/c1-10-15(17(22)24-16(10)19-11(2)21)12-3-4-14(13(18)9-12)20-5-7-23-8-6-20/h3-4,9-10,15-16H,5-8H2,1-2H3,(H,19,21)/t10?,15?,16-/m1/s1. The second-order valence-electron chi connectivity index (χ2n) is 6.21. The van der Waals surface area contributed by atoms with Crippen LogP contribution in [0.3, 0.4) is 0 Å². The highest BCUT2D eigenvalue weighted by molar-refractivity contribution is 5.82. The van der Waals surface area contributed by atoms with E-state index in [1.807, 2.05) is 11.8 Å². The van der Waals surface area contributed by atoms with Crippen LogP contribution in [0.1, 0.15) is 25.3 Å². The third kappa shape index (κ3) is 3.21. The quantitative estimate of drug-likeness (QED) is 0.845. The molecule has 0 radical (unpaired) electrons. The van der Waals surface area contributed by atoms with Gasteiger partial charge in [-0.05, 0) is 17.7 Å². The molecule has 3 atom stereocenters. The van der Waals surface area contributed by atoms with Gasteiger partial charge in [-0.3, -0.25) is 9.59 Å². The molecular weight excluding hydrogens is 315 g/mol. The number of benzene rings is 1. The number of nitrogens with zero attached hydrogens (tertiary/aromatic N) is 1. The summed E-state index contributed by atoms with van der Waals surface area (Å²) in [5.74, 6) is -1.93. The molecule has 1 N–H and O–H groups in total. The Bertz CT molecular complexity index is 645. The number of hydrogen-bond acceptors (Lipinski definition) is 5. The van der Waals surface area contributed by atoms with Crippen molar-refractivity contribution >= 4 is 17.6 Å². The van der Waals surface area contributed by atoms with Crippen LogP contribution >= 0.6 is 0 Å². The Hall–Kier alpha value is -2.15. The highest BCUT2D eigenvalue weighted by Gasteiger charge is 2.43. The molecule has 0 spiro atoms.